The van der Waals surface area contributed by atoms with Crippen LogP contribution in [0.1, 0.15) is 22.3 Å². The molecule has 0 radical (unpaired) electrons. The lowest BCUT2D eigenvalue weighted by Gasteiger charge is -2.05. The molecule has 19 heavy (non-hydrogen) atoms. The predicted octanol–water partition coefficient (Wildman–Crippen LogP) is 1.78. The highest BCUT2D eigenvalue weighted by atomic mass is 35.5. The molecular weight excluding hydrogens is 264 g/mol. The molecular formula is C12H17ClN6. The van der Waals surface area contributed by atoms with Gasteiger partial charge in [0.25, 0.3) is 5.95 Å². The van der Waals surface area contributed by atoms with E-state index in [1.165, 1.54) is 27.7 Å². The molecule has 0 aliphatic rings. The Morgan fingerprint density at radius 1 is 1.21 bits per heavy atom. The molecule has 0 spiro atoms. The van der Waals surface area contributed by atoms with E-state index in [-0.39, 0.29) is 12.4 Å². The van der Waals surface area contributed by atoms with Gasteiger partial charge in [-0.2, -0.15) is 5.10 Å². The highest BCUT2D eigenvalue weighted by Gasteiger charge is 2.00. The van der Waals surface area contributed by atoms with Gasteiger partial charge in [0, 0.05) is 0 Å². The van der Waals surface area contributed by atoms with Gasteiger partial charge in [0.1, 0.15) is 6.33 Å². The van der Waals surface area contributed by atoms with Gasteiger partial charge < -0.3 is 5.84 Å². The lowest BCUT2D eigenvalue weighted by Crippen LogP contribution is -2.10. The van der Waals surface area contributed by atoms with Gasteiger partial charge in [0.05, 0.1) is 6.21 Å². The van der Waals surface area contributed by atoms with Gasteiger partial charge in [-0.05, 0) is 49.1 Å². The van der Waals surface area contributed by atoms with Gasteiger partial charge in [-0.3, -0.25) is 0 Å². The number of nitrogens with two attached hydrogens (primary N) is 1. The largest absolute Gasteiger partial charge is 0.335 e. The fraction of sp³-hybridized carbons (Fsp3) is 0.250. The van der Waals surface area contributed by atoms with Crippen LogP contribution in [0.5, 0.6) is 0 Å². The molecule has 102 valence electrons. The number of hydrazone groups is 1. The first-order valence-corrected chi connectivity index (χ1v) is 5.60. The molecule has 0 unspecified atom stereocenters. The summed E-state index contributed by atoms with van der Waals surface area (Å²) < 4.78 is 1.27. The molecule has 0 saturated carbocycles. The topological polar surface area (TPSA) is 81.1 Å². The lowest BCUT2D eigenvalue weighted by molar-refractivity contribution is 0.988. The summed E-state index contributed by atoms with van der Waals surface area (Å²) in [5.74, 6) is 5.95. The van der Waals surface area contributed by atoms with Crippen molar-refractivity contribution in [3.63, 3.8) is 0 Å². The van der Waals surface area contributed by atoms with Gasteiger partial charge in [-0.15, -0.1) is 22.6 Å². The van der Waals surface area contributed by atoms with E-state index in [2.05, 4.69) is 53.6 Å². The van der Waals surface area contributed by atoms with Gasteiger partial charge in [0.2, 0.25) is 0 Å². The third-order valence-electron chi connectivity index (χ3n) is 2.82. The van der Waals surface area contributed by atoms with Crippen molar-refractivity contribution in [2.24, 2.45) is 5.10 Å². The Morgan fingerprint density at radius 3 is 2.53 bits per heavy atom. The van der Waals surface area contributed by atoms with E-state index in [4.69, 9.17) is 5.84 Å². The molecule has 7 heteroatoms. The number of nitrogens with one attached hydrogen (secondary N) is 1. The summed E-state index contributed by atoms with van der Waals surface area (Å²) in [7, 11) is 0. The van der Waals surface area contributed by atoms with E-state index in [0.717, 1.165) is 5.56 Å². The molecule has 3 N–H and O–H groups in total. The number of anilines is 1. The Morgan fingerprint density at radius 2 is 1.89 bits per heavy atom. The number of hydrogen-bond donors (Lipinski definition) is 2. The Bertz CT molecular complexity index is 590. The summed E-state index contributed by atoms with van der Waals surface area (Å²) in [5.41, 5.74) is 7.50. The molecule has 0 bridgehead atoms. The van der Waals surface area contributed by atoms with Crippen molar-refractivity contribution >= 4 is 24.6 Å². The van der Waals surface area contributed by atoms with Crippen LogP contribution in [0.4, 0.5) is 5.95 Å². The third-order valence-corrected chi connectivity index (χ3v) is 2.82. The number of aromatic nitrogens is 3. The van der Waals surface area contributed by atoms with Crippen LogP contribution < -0.4 is 11.3 Å². The summed E-state index contributed by atoms with van der Waals surface area (Å²) in [6.45, 7) is 6.23. The normalized spacial score (nSPS) is 10.5. The summed E-state index contributed by atoms with van der Waals surface area (Å²) in [4.78, 5) is 0. The number of aryl methyl sites for hydroxylation is 3. The minimum atomic E-state index is 0. The van der Waals surface area contributed by atoms with Crippen LogP contribution in [0, 0.1) is 20.8 Å². The smallest absolute Gasteiger partial charge is 0.263 e. The van der Waals surface area contributed by atoms with Crippen molar-refractivity contribution in [2.45, 2.75) is 20.8 Å². The second kappa shape index (κ2) is 6.19. The summed E-state index contributed by atoms with van der Waals surface area (Å²) in [6, 6.07) is 4.24. The molecule has 0 amide bonds. The zero-order chi connectivity index (χ0) is 13.1. The van der Waals surface area contributed by atoms with Crippen LogP contribution in [0.15, 0.2) is 23.6 Å². The Labute approximate surface area is 118 Å². The van der Waals surface area contributed by atoms with Gasteiger partial charge in [0.15, 0.2) is 0 Å². The first kappa shape index (κ1) is 15.0. The minimum absolute atomic E-state index is 0. The first-order valence-electron chi connectivity index (χ1n) is 5.60. The third kappa shape index (κ3) is 3.45. The van der Waals surface area contributed by atoms with E-state index in [9.17, 15) is 0 Å². The number of nitrogen functional groups attached to an aromatic ring is 1. The van der Waals surface area contributed by atoms with E-state index < -0.39 is 0 Å². The van der Waals surface area contributed by atoms with Crippen LogP contribution in [-0.4, -0.2) is 21.1 Å². The van der Waals surface area contributed by atoms with Crippen molar-refractivity contribution in [3.05, 3.63) is 40.7 Å². The summed E-state index contributed by atoms with van der Waals surface area (Å²) in [6.07, 6.45) is 3.15. The van der Waals surface area contributed by atoms with Gasteiger partial charge >= 0.3 is 0 Å². The number of hydrogen-bond acceptors (Lipinski definition) is 5. The average Bonchev–Trinajstić information content (AvgIpc) is 2.72. The summed E-state index contributed by atoms with van der Waals surface area (Å²) in [5, 5.41) is 11.5. The van der Waals surface area contributed by atoms with Crippen LogP contribution in [0.25, 0.3) is 0 Å². The van der Waals surface area contributed by atoms with E-state index in [1.807, 2.05) is 0 Å². The predicted molar refractivity (Wildman–Crippen MR) is 79.3 cm³/mol. The molecule has 1 heterocycles. The molecule has 2 aromatic rings. The highest BCUT2D eigenvalue weighted by Crippen LogP contribution is 2.13. The molecule has 1 aromatic heterocycles. The molecule has 0 fully saturated rings. The van der Waals surface area contributed by atoms with Crippen LogP contribution in [-0.2, 0) is 0 Å². The minimum Gasteiger partial charge on any atom is -0.335 e. The Balaban J connectivity index is 0.00000180. The number of halogens is 1. The van der Waals surface area contributed by atoms with Crippen molar-refractivity contribution in [3.8, 4) is 0 Å². The zero-order valence-electron chi connectivity index (χ0n) is 11.1. The molecule has 0 atom stereocenters. The first-order chi connectivity index (χ1) is 8.58. The maximum absolute atomic E-state index is 5.55. The number of benzene rings is 1. The quantitative estimate of drug-likeness (QED) is 0.510. The van der Waals surface area contributed by atoms with Crippen molar-refractivity contribution in [2.75, 3.05) is 11.3 Å². The Kier molecular flexibility index (Phi) is 4.88. The van der Waals surface area contributed by atoms with Gasteiger partial charge in [-0.25, -0.2) is 10.1 Å². The maximum Gasteiger partial charge on any atom is 0.263 e. The molecule has 2 rings (SSSR count). The van der Waals surface area contributed by atoms with Crippen LogP contribution in [0.2, 0.25) is 0 Å². The lowest BCUT2D eigenvalue weighted by atomic mass is 10.0. The highest BCUT2D eigenvalue weighted by molar-refractivity contribution is 5.85. The number of rotatable bonds is 3. The molecule has 6 nitrogen and oxygen atoms in total. The molecule has 0 saturated heterocycles. The SMILES string of the molecule is Cc1cc(C)c(/C=N/Nc2nncn2N)cc1C.Cl. The van der Waals surface area contributed by atoms with E-state index in [0.29, 0.717) is 5.95 Å². The second-order valence-electron chi connectivity index (χ2n) is 4.22. The fourth-order valence-electron chi connectivity index (χ4n) is 1.60. The second-order valence-corrected chi connectivity index (χ2v) is 4.22. The van der Waals surface area contributed by atoms with Crippen LogP contribution >= 0.6 is 12.4 Å². The monoisotopic (exact) mass is 280 g/mol. The molecule has 0 aliphatic heterocycles. The van der Waals surface area contributed by atoms with Crippen molar-refractivity contribution < 1.29 is 0 Å². The van der Waals surface area contributed by atoms with Crippen LogP contribution in [0.3, 0.4) is 0 Å². The average molecular weight is 281 g/mol. The van der Waals surface area contributed by atoms with E-state index >= 15 is 0 Å². The summed E-state index contributed by atoms with van der Waals surface area (Å²) >= 11 is 0. The maximum atomic E-state index is 5.55. The fourth-order valence-corrected chi connectivity index (χ4v) is 1.60. The molecule has 0 aliphatic carbocycles. The van der Waals surface area contributed by atoms with Crippen molar-refractivity contribution in [1.29, 1.82) is 0 Å². The zero-order valence-corrected chi connectivity index (χ0v) is 11.9. The van der Waals surface area contributed by atoms with E-state index in [1.54, 1.807) is 6.21 Å². The number of nitrogens with zero attached hydrogens (tertiary/aromatic N) is 4. The van der Waals surface area contributed by atoms with Crippen molar-refractivity contribution in [1.82, 2.24) is 14.9 Å². The Hall–Kier alpha value is -2.08. The standard InChI is InChI=1S/C12H16N6.ClH/c1-8-4-10(3)11(5-9(8)2)6-14-16-12-17-15-7-18(12)13;/h4-7H,13H2,1-3H3,(H,16,17);1H/b14-6+;. The van der Waals surface area contributed by atoms with Gasteiger partial charge in [-0.1, -0.05) is 6.07 Å². The molecule has 1 aromatic carbocycles.